The second-order valence-electron chi connectivity index (χ2n) is 11.0. The highest BCUT2D eigenvalue weighted by molar-refractivity contribution is 7.89. The van der Waals surface area contributed by atoms with Gasteiger partial charge in [0.2, 0.25) is 15.9 Å². The minimum absolute atomic E-state index is 0.00248. The number of rotatable bonds is 12. The predicted octanol–water partition coefficient (Wildman–Crippen LogP) is 5.87. The first-order valence-electron chi connectivity index (χ1n) is 14.2. The van der Waals surface area contributed by atoms with Crippen molar-refractivity contribution < 1.29 is 32.6 Å². The summed E-state index contributed by atoms with van der Waals surface area (Å²) in [4.78, 5) is 25.7. The second kappa shape index (κ2) is 13.9. The molecule has 2 atom stereocenters. The van der Waals surface area contributed by atoms with E-state index in [0.717, 1.165) is 26.6 Å². The first-order valence-corrected chi connectivity index (χ1v) is 16.4. The average molecular weight is 664 g/mol. The molecular formula is C32H36Cl2N2O7S. The Morgan fingerprint density at radius 3 is 2.32 bits per heavy atom. The average Bonchev–Trinajstić information content (AvgIpc) is 3.39. The molecule has 12 heteroatoms. The molecule has 3 aromatic rings. The maximum atomic E-state index is 13.6. The topological polar surface area (TPSA) is 122 Å². The largest absolute Gasteiger partial charge is 0.496 e. The van der Waals surface area contributed by atoms with E-state index in [1.165, 1.54) is 25.1 Å². The molecule has 2 N–H and O–H groups in total. The summed E-state index contributed by atoms with van der Waals surface area (Å²) in [7, 11) is -2.55. The summed E-state index contributed by atoms with van der Waals surface area (Å²) in [5.41, 5.74) is 2.99. The Balaban J connectivity index is 1.53. The smallest absolute Gasteiger partial charge is 0.326 e. The Morgan fingerprint density at radius 1 is 1.07 bits per heavy atom. The number of nitrogens with one attached hydrogen (secondary N) is 1. The Kier molecular flexibility index (Phi) is 10.6. The van der Waals surface area contributed by atoms with Crippen molar-refractivity contribution in [2.45, 2.75) is 63.1 Å². The molecule has 0 unspecified atom stereocenters. The van der Waals surface area contributed by atoms with Crippen LogP contribution in [0, 0.1) is 6.92 Å². The number of halogens is 2. The zero-order valence-electron chi connectivity index (χ0n) is 25.0. The zero-order valence-corrected chi connectivity index (χ0v) is 27.4. The predicted molar refractivity (Wildman–Crippen MR) is 170 cm³/mol. The minimum atomic E-state index is -4.16. The fourth-order valence-electron chi connectivity index (χ4n) is 5.57. The van der Waals surface area contributed by atoms with E-state index in [9.17, 15) is 23.1 Å². The van der Waals surface area contributed by atoms with Crippen LogP contribution in [-0.2, 0) is 37.4 Å². The lowest BCUT2D eigenvalue weighted by molar-refractivity contribution is -0.143. The number of hydrogen-bond acceptors (Lipinski definition) is 6. The first-order chi connectivity index (χ1) is 20.8. The molecule has 4 rings (SSSR count). The van der Waals surface area contributed by atoms with Crippen LogP contribution in [0.25, 0.3) is 11.1 Å². The van der Waals surface area contributed by atoms with Gasteiger partial charge in [-0.15, -0.1) is 0 Å². The monoisotopic (exact) mass is 662 g/mol. The molecule has 1 heterocycles. The van der Waals surface area contributed by atoms with E-state index in [2.05, 4.69) is 5.32 Å². The van der Waals surface area contributed by atoms with E-state index in [4.69, 9.17) is 32.7 Å². The Bertz CT molecular complexity index is 1630. The third kappa shape index (κ3) is 7.21. The van der Waals surface area contributed by atoms with Crippen molar-refractivity contribution in [1.82, 2.24) is 9.62 Å². The standard InChI is InChI=1S/C32H36Cl2N2O7S/c1-5-43-19-22-13-20(2)29(28(15-22)42-4)23-9-7-21(8-10-23)14-27(30(37)38)35-31(39)32(3)11-6-12-36(32)44(40,41)26-17-24(33)16-25(34)18-26/h7-10,13,15-18,27H,5-6,11-12,14,19H2,1-4H3,(H,35,39)(H,37,38)/t27-,32-/m0/s1. The third-order valence-corrected chi connectivity index (χ3v) is 10.3. The highest BCUT2D eigenvalue weighted by Crippen LogP contribution is 2.37. The number of carbonyl (C=O) groups excluding carboxylic acids is 1. The summed E-state index contributed by atoms with van der Waals surface area (Å²) in [6, 6.07) is 14.0. The molecule has 0 radical (unpaired) electrons. The molecule has 0 bridgehead atoms. The van der Waals surface area contributed by atoms with E-state index in [1.807, 2.05) is 38.1 Å². The molecule has 9 nitrogen and oxygen atoms in total. The molecule has 1 amide bonds. The van der Waals surface area contributed by atoms with Gasteiger partial charge in [-0.1, -0.05) is 53.5 Å². The number of carbonyl (C=O) groups is 2. The summed E-state index contributed by atoms with van der Waals surface area (Å²) in [5, 5.41) is 12.9. The normalized spacial score (nSPS) is 17.8. The molecule has 1 aliphatic heterocycles. The number of methoxy groups -OCH3 is 1. The maximum Gasteiger partial charge on any atom is 0.326 e. The molecular weight excluding hydrogens is 627 g/mol. The van der Waals surface area contributed by atoms with Gasteiger partial charge in [-0.3, -0.25) is 4.79 Å². The van der Waals surface area contributed by atoms with Crippen LogP contribution in [0.3, 0.4) is 0 Å². The number of sulfonamides is 1. The summed E-state index contributed by atoms with van der Waals surface area (Å²) in [6.45, 7) is 6.61. The molecule has 44 heavy (non-hydrogen) atoms. The van der Waals surface area contributed by atoms with Gasteiger partial charge in [0, 0.05) is 35.2 Å². The number of benzene rings is 3. The molecule has 3 aromatic carbocycles. The van der Waals surface area contributed by atoms with Crippen molar-refractivity contribution in [2.75, 3.05) is 20.3 Å². The van der Waals surface area contributed by atoms with Crippen LogP contribution >= 0.6 is 23.2 Å². The molecule has 0 spiro atoms. The SMILES string of the molecule is CCOCc1cc(C)c(-c2ccc(C[C@H](NC(=O)[C@]3(C)CCCN3S(=O)(=O)c3cc(Cl)cc(Cl)c3)C(=O)O)cc2)c(OC)c1. The number of hydrogen-bond donors (Lipinski definition) is 2. The van der Waals surface area contributed by atoms with E-state index in [0.29, 0.717) is 30.9 Å². The van der Waals surface area contributed by atoms with Gasteiger partial charge in [-0.2, -0.15) is 4.31 Å². The first kappa shape index (κ1) is 33.7. The maximum absolute atomic E-state index is 13.6. The van der Waals surface area contributed by atoms with Crippen molar-refractivity contribution in [3.8, 4) is 16.9 Å². The van der Waals surface area contributed by atoms with Crippen LogP contribution in [0.15, 0.2) is 59.5 Å². The Hall–Kier alpha value is -3.15. The fourth-order valence-corrected chi connectivity index (χ4v) is 8.11. The number of aliphatic carboxylic acids is 1. The van der Waals surface area contributed by atoms with Gasteiger partial charge in [0.15, 0.2) is 0 Å². The second-order valence-corrected chi connectivity index (χ2v) is 13.7. The van der Waals surface area contributed by atoms with E-state index < -0.39 is 33.5 Å². The van der Waals surface area contributed by atoms with Crippen LogP contribution in [0.5, 0.6) is 5.75 Å². The molecule has 0 aliphatic carbocycles. The number of nitrogens with zero attached hydrogens (tertiary/aromatic N) is 1. The van der Waals surface area contributed by atoms with E-state index >= 15 is 0 Å². The zero-order chi connectivity index (χ0) is 32.2. The number of carboxylic acids is 1. The molecule has 0 aromatic heterocycles. The summed E-state index contributed by atoms with van der Waals surface area (Å²) in [6.07, 6.45) is 0.640. The van der Waals surface area contributed by atoms with Gasteiger partial charge in [-0.05, 0) is 80.1 Å². The summed E-state index contributed by atoms with van der Waals surface area (Å²) in [5.74, 6) is -1.22. The van der Waals surface area contributed by atoms with Gasteiger partial charge in [0.1, 0.15) is 17.3 Å². The van der Waals surface area contributed by atoms with Crippen LogP contribution in [0.4, 0.5) is 0 Å². The van der Waals surface area contributed by atoms with Crippen molar-refractivity contribution >= 4 is 45.1 Å². The third-order valence-electron chi connectivity index (χ3n) is 7.83. The van der Waals surface area contributed by atoms with Crippen LogP contribution in [0.1, 0.15) is 43.4 Å². The molecule has 236 valence electrons. The lowest BCUT2D eigenvalue weighted by Crippen LogP contribution is -2.58. The molecule has 1 fully saturated rings. The summed E-state index contributed by atoms with van der Waals surface area (Å²) >= 11 is 12.1. The van der Waals surface area contributed by atoms with Gasteiger partial charge < -0.3 is 19.9 Å². The van der Waals surface area contributed by atoms with Gasteiger partial charge in [0.25, 0.3) is 0 Å². The highest BCUT2D eigenvalue weighted by Gasteiger charge is 2.50. The van der Waals surface area contributed by atoms with E-state index in [1.54, 1.807) is 19.2 Å². The van der Waals surface area contributed by atoms with Crippen molar-refractivity contribution in [3.05, 3.63) is 81.3 Å². The molecule has 1 saturated heterocycles. The van der Waals surface area contributed by atoms with Crippen LogP contribution in [-0.4, -0.2) is 61.5 Å². The number of carboxylic acid groups (broad SMARTS) is 1. The van der Waals surface area contributed by atoms with E-state index in [-0.39, 0.29) is 34.3 Å². The Morgan fingerprint density at radius 2 is 1.73 bits per heavy atom. The number of aryl methyl sites for hydroxylation is 1. The Labute approximate surface area is 268 Å². The number of ether oxygens (including phenoxy) is 2. The minimum Gasteiger partial charge on any atom is -0.496 e. The molecule has 1 aliphatic rings. The van der Waals surface area contributed by atoms with Gasteiger partial charge in [-0.25, -0.2) is 13.2 Å². The van der Waals surface area contributed by atoms with Crippen molar-refractivity contribution in [2.24, 2.45) is 0 Å². The van der Waals surface area contributed by atoms with Gasteiger partial charge in [0.05, 0.1) is 18.6 Å². The van der Waals surface area contributed by atoms with Crippen molar-refractivity contribution in [1.29, 1.82) is 0 Å². The van der Waals surface area contributed by atoms with Crippen molar-refractivity contribution in [3.63, 3.8) is 0 Å². The molecule has 0 saturated carbocycles. The summed E-state index contributed by atoms with van der Waals surface area (Å²) < 4.78 is 39.4. The highest BCUT2D eigenvalue weighted by atomic mass is 35.5. The lowest BCUT2D eigenvalue weighted by atomic mass is 9.95. The van der Waals surface area contributed by atoms with Gasteiger partial charge >= 0.3 is 5.97 Å². The quantitative estimate of drug-likeness (QED) is 0.249. The lowest BCUT2D eigenvalue weighted by Gasteiger charge is -2.34. The fraction of sp³-hybridized carbons (Fsp3) is 0.375. The van der Waals surface area contributed by atoms with Crippen LogP contribution < -0.4 is 10.1 Å². The van der Waals surface area contributed by atoms with Crippen LogP contribution in [0.2, 0.25) is 10.0 Å². The number of amides is 1.